The van der Waals surface area contributed by atoms with Gasteiger partial charge in [0.2, 0.25) is 0 Å². The molecule has 26 heavy (non-hydrogen) atoms. The number of nitrogens with one attached hydrogen (secondary N) is 1. The number of amides is 1. The molecule has 2 atom stereocenters. The molecule has 0 heterocycles. The third-order valence-electron chi connectivity index (χ3n) is 4.25. The quantitative estimate of drug-likeness (QED) is 0.745. The summed E-state index contributed by atoms with van der Waals surface area (Å²) < 4.78 is 11.0. The number of hydrogen-bond donors (Lipinski definition) is 1. The fourth-order valence-electron chi connectivity index (χ4n) is 2.71. The SMILES string of the molecule is COc1ccc(C(NC(=O)C(C)Oc2ccc(Cl)cc2C)C(C)C)cc1. The van der Waals surface area contributed by atoms with Crippen molar-refractivity contribution in [2.75, 3.05) is 7.11 Å². The summed E-state index contributed by atoms with van der Waals surface area (Å²) in [5.41, 5.74) is 1.93. The summed E-state index contributed by atoms with van der Waals surface area (Å²) in [7, 11) is 1.63. The molecule has 0 bridgehead atoms. The molecule has 140 valence electrons. The normalized spacial score (nSPS) is 13.2. The molecule has 5 heteroatoms. The van der Waals surface area contributed by atoms with E-state index in [9.17, 15) is 4.79 Å². The fourth-order valence-corrected chi connectivity index (χ4v) is 2.93. The second-order valence-corrected chi connectivity index (χ2v) is 7.11. The molecule has 4 nitrogen and oxygen atoms in total. The number of methoxy groups -OCH3 is 1. The molecule has 0 spiro atoms. The molecule has 2 unspecified atom stereocenters. The lowest BCUT2D eigenvalue weighted by Gasteiger charge is -2.25. The Kier molecular flexibility index (Phi) is 6.92. The van der Waals surface area contributed by atoms with Gasteiger partial charge in [-0.25, -0.2) is 0 Å². The van der Waals surface area contributed by atoms with Gasteiger partial charge in [0.05, 0.1) is 13.2 Å². The maximum atomic E-state index is 12.7. The van der Waals surface area contributed by atoms with Crippen molar-refractivity contribution in [3.8, 4) is 11.5 Å². The van der Waals surface area contributed by atoms with E-state index in [0.29, 0.717) is 10.8 Å². The Morgan fingerprint density at radius 1 is 1.08 bits per heavy atom. The van der Waals surface area contributed by atoms with Gasteiger partial charge in [0, 0.05) is 5.02 Å². The molecule has 0 radical (unpaired) electrons. The van der Waals surface area contributed by atoms with Gasteiger partial charge in [-0.05, 0) is 61.2 Å². The monoisotopic (exact) mass is 375 g/mol. The molecular weight excluding hydrogens is 350 g/mol. The number of aryl methyl sites for hydroxylation is 1. The summed E-state index contributed by atoms with van der Waals surface area (Å²) in [6.07, 6.45) is -0.616. The molecule has 0 aliphatic heterocycles. The van der Waals surface area contributed by atoms with Crippen molar-refractivity contribution in [3.63, 3.8) is 0 Å². The summed E-state index contributed by atoms with van der Waals surface area (Å²) in [4.78, 5) is 12.7. The summed E-state index contributed by atoms with van der Waals surface area (Å²) in [5.74, 6) is 1.52. The number of halogens is 1. The molecule has 0 saturated carbocycles. The zero-order valence-corrected chi connectivity index (χ0v) is 16.6. The minimum absolute atomic E-state index is 0.106. The van der Waals surface area contributed by atoms with E-state index in [1.165, 1.54) is 0 Å². The Bertz CT molecular complexity index is 743. The van der Waals surface area contributed by atoms with Gasteiger partial charge < -0.3 is 14.8 Å². The highest BCUT2D eigenvalue weighted by atomic mass is 35.5. The van der Waals surface area contributed by atoms with Crippen LogP contribution in [0.15, 0.2) is 42.5 Å². The van der Waals surface area contributed by atoms with Crippen LogP contribution in [-0.4, -0.2) is 19.1 Å². The second-order valence-electron chi connectivity index (χ2n) is 6.67. The number of benzene rings is 2. The van der Waals surface area contributed by atoms with E-state index in [1.54, 1.807) is 26.2 Å². The molecular formula is C21H26ClNO3. The molecule has 0 saturated heterocycles. The Morgan fingerprint density at radius 2 is 1.73 bits per heavy atom. The van der Waals surface area contributed by atoms with Gasteiger partial charge in [0.25, 0.3) is 5.91 Å². The van der Waals surface area contributed by atoms with E-state index in [4.69, 9.17) is 21.1 Å². The molecule has 2 aromatic rings. The largest absolute Gasteiger partial charge is 0.497 e. The van der Waals surface area contributed by atoms with Crippen LogP contribution >= 0.6 is 11.6 Å². The summed E-state index contributed by atoms with van der Waals surface area (Å²) >= 11 is 5.97. The minimum atomic E-state index is -0.616. The maximum Gasteiger partial charge on any atom is 0.261 e. The van der Waals surface area contributed by atoms with E-state index in [-0.39, 0.29) is 17.9 Å². The Hall–Kier alpha value is -2.20. The van der Waals surface area contributed by atoms with Crippen LogP contribution in [0, 0.1) is 12.8 Å². The summed E-state index contributed by atoms with van der Waals surface area (Å²) in [5, 5.41) is 3.74. The van der Waals surface area contributed by atoms with Crippen LogP contribution in [0.4, 0.5) is 0 Å². The number of carbonyl (C=O) groups excluding carboxylic acids is 1. The lowest BCUT2D eigenvalue weighted by atomic mass is 9.95. The topological polar surface area (TPSA) is 47.6 Å². The maximum absolute atomic E-state index is 12.7. The molecule has 2 aromatic carbocycles. The number of carbonyl (C=O) groups is 1. The molecule has 0 aliphatic carbocycles. The molecule has 0 fully saturated rings. The van der Waals surface area contributed by atoms with E-state index < -0.39 is 6.10 Å². The average Bonchev–Trinajstić information content (AvgIpc) is 2.61. The first-order valence-electron chi connectivity index (χ1n) is 8.69. The van der Waals surface area contributed by atoms with Crippen molar-refractivity contribution in [1.82, 2.24) is 5.32 Å². The number of hydrogen-bond acceptors (Lipinski definition) is 3. The average molecular weight is 376 g/mol. The van der Waals surface area contributed by atoms with Crippen molar-refractivity contribution in [3.05, 3.63) is 58.6 Å². The van der Waals surface area contributed by atoms with Crippen LogP contribution in [0.1, 0.15) is 37.9 Å². The number of ether oxygens (including phenoxy) is 2. The van der Waals surface area contributed by atoms with Crippen molar-refractivity contribution in [1.29, 1.82) is 0 Å². The first-order valence-corrected chi connectivity index (χ1v) is 9.06. The van der Waals surface area contributed by atoms with Gasteiger partial charge in [0.15, 0.2) is 6.10 Å². The second kappa shape index (κ2) is 8.95. The third-order valence-corrected chi connectivity index (χ3v) is 4.48. The van der Waals surface area contributed by atoms with Crippen molar-refractivity contribution < 1.29 is 14.3 Å². The van der Waals surface area contributed by atoms with E-state index in [2.05, 4.69) is 19.2 Å². The number of rotatable bonds is 7. The van der Waals surface area contributed by atoms with Gasteiger partial charge in [-0.15, -0.1) is 0 Å². The molecule has 0 aliphatic rings. The van der Waals surface area contributed by atoms with Gasteiger partial charge in [-0.3, -0.25) is 4.79 Å². The fraction of sp³-hybridized carbons (Fsp3) is 0.381. The predicted octanol–water partition coefficient (Wildman–Crippen LogP) is 4.94. The Labute approximate surface area is 160 Å². The van der Waals surface area contributed by atoms with Crippen molar-refractivity contribution in [2.24, 2.45) is 5.92 Å². The molecule has 2 rings (SSSR count). The minimum Gasteiger partial charge on any atom is -0.497 e. The molecule has 1 N–H and O–H groups in total. The highest BCUT2D eigenvalue weighted by Crippen LogP contribution is 2.25. The van der Waals surface area contributed by atoms with Gasteiger partial charge in [-0.1, -0.05) is 37.6 Å². The van der Waals surface area contributed by atoms with Gasteiger partial charge in [0.1, 0.15) is 11.5 Å². The molecule has 0 aromatic heterocycles. The van der Waals surface area contributed by atoms with Gasteiger partial charge in [-0.2, -0.15) is 0 Å². The van der Waals surface area contributed by atoms with E-state index in [1.807, 2.05) is 37.3 Å². The van der Waals surface area contributed by atoms with Crippen molar-refractivity contribution in [2.45, 2.75) is 39.8 Å². The molecule has 1 amide bonds. The Balaban J connectivity index is 2.08. The predicted molar refractivity (Wildman–Crippen MR) is 105 cm³/mol. The van der Waals surface area contributed by atoms with Crippen LogP contribution in [0.2, 0.25) is 5.02 Å². The van der Waals surface area contributed by atoms with Gasteiger partial charge >= 0.3 is 0 Å². The smallest absolute Gasteiger partial charge is 0.261 e. The van der Waals surface area contributed by atoms with Crippen LogP contribution in [0.3, 0.4) is 0 Å². The lowest BCUT2D eigenvalue weighted by molar-refractivity contribution is -0.128. The van der Waals surface area contributed by atoms with E-state index in [0.717, 1.165) is 16.9 Å². The van der Waals surface area contributed by atoms with Crippen LogP contribution in [0.25, 0.3) is 0 Å². The first kappa shape index (κ1) is 20.1. The van der Waals surface area contributed by atoms with E-state index >= 15 is 0 Å². The zero-order valence-electron chi connectivity index (χ0n) is 15.9. The highest BCUT2D eigenvalue weighted by Gasteiger charge is 2.23. The zero-order chi connectivity index (χ0) is 19.3. The van der Waals surface area contributed by atoms with Crippen LogP contribution < -0.4 is 14.8 Å². The first-order chi connectivity index (χ1) is 12.3. The lowest BCUT2D eigenvalue weighted by Crippen LogP contribution is -2.40. The Morgan fingerprint density at radius 3 is 2.27 bits per heavy atom. The summed E-state index contributed by atoms with van der Waals surface area (Å²) in [6, 6.07) is 13.0. The van der Waals surface area contributed by atoms with Crippen LogP contribution in [-0.2, 0) is 4.79 Å². The highest BCUT2D eigenvalue weighted by molar-refractivity contribution is 6.30. The third kappa shape index (κ3) is 5.15. The van der Waals surface area contributed by atoms with Crippen LogP contribution in [0.5, 0.6) is 11.5 Å². The standard InChI is InChI=1S/C21H26ClNO3/c1-13(2)20(16-6-9-18(25-5)10-7-16)23-21(24)15(4)26-19-11-8-17(22)12-14(19)3/h6-13,15,20H,1-5H3,(H,23,24). The van der Waals surface area contributed by atoms with Crippen molar-refractivity contribution >= 4 is 17.5 Å². The summed E-state index contributed by atoms with van der Waals surface area (Å²) in [6.45, 7) is 7.79.